The van der Waals surface area contributed by atoms with Gasteiger partial charge in [-0.25, -0.2) is 0 Å². The summed E-state index contributed by atoms with van der Waals surface area (Å²) in [4.78, 5) is 13.8. The van der Waals surface area contributed by atoms with Crippen LogP contribution in [0.2, 0.25) is 0 Å². The molecule has 1 aromatic rings. The third kappa shape index (κ3) is 2.79. The highest BCUT2D eigenvalue weighted by Gasteiger charge is 2.43. The zero-order valence-corrected chi connectivity index (χ0v) is 11.7. The molecule has 4 heteroatoms. The summed E-state index contributed by atoms with van der Waals surface area (Å²) < 4.78 is 0. The second-order valence-corrected chi connectivity index (χ2v) is 6.68. The largest absolute Gasteiger partial charge is 0.481 e. The molecule has 1 aromatic carbocycles. The van der Waals surface area contributed by atoms with Crippen LogP contribution in [0, 0.1) is 17.8 Å². The molecule has 1 N–H and O–H groups in total. The Morgan fingerprint density at radius 2 is 1.84 bits per heavy atom. The first kappa shape index (κ1) is 13.0. The van der Waals surface area contributed by atoms with E-state index in [1.165, 1.54) is 5.56 Å². The third-order valence-corrected chi connectivity index (χ3v) is 5.53. The van der Waals surface area contributed by atoms with Crippen LogP contribution in [-0.2, 0) is 11.3 Å². The molecule has 3 rings (SSSR count). The fourth-order valence-electron chi connectivity index (χ4n) is 3.41. The average molecular weight is 277 g/mol. The van der Waals surface area contributed by atoms with Gasteiger partial charge in [-0.1, -0.05) is 30.3 Å². The smallest absolute Gasteiger partial charge is 0.307 e. The molecule has 2 aliphatic heterocycles. The highest BCUT2D eigenvalue weighted by atomic mass is 32.2. The van der Waals surface area contributed by atoms with Gasteiger partial charge in [-0.2, -0.15) is 11.8 Å². The van der Waals surface area contributed by atoms with Crippen LogP contribution in [0.15, 0.2) is 30.3 Å². The Morgan fingerprint density at radius 3 is 2.42 bits per heavy atom. The van der Waals surface area contributed by atoms with E-state index in [0.29, 0.717) is 11.8 Å². The molecule has 0 saturated carbocycles. The van der Waals surface area contributed by atoms with E-state index in [9.17, 15) is 9.90 Å². The normalized spacial score (nSPS) is 31.1. The monoisotopic (exact) mass is 277 g/mol. The van der Waals surface area contributed by atoms with Gasteiger partial charge < -0.3 is 5.11 Å². The van der Waals surface area contributed by atoms with Crippen LogP contribution in [0.5, 0.6) is 0 Å². The van der Waals surface area contributed by atoms with E-state index in [1.54, 1.807) is 0 Å². The molecule has 2 heterocycles. The van der Waals surface area contributed by atoms with E-state index in [0.717, 1.165) is 31.1 Å². The van der Waals surface area contributed by atoms with Crippen molar-refractivity contribution in [2.45, 2.75) is 6.54 Å². The van der Waals surface area contributed by atoms with Crippen molar-refractivity contribution < 1.29 is 9.90 Å². The lowest BCUT2D eigenvalue weighted by atomic mass is 9.79. The number of aliphatic carboxylic acids is 1. The quantitative estimate of drug-likeness (QED) is 0.919. The number of carboxylic acid groups (broad SMARTS) is 1. The number of rotatable bonds is 3. The molecule has 1 unspecified atom stereocenters. The van der Waals surface area contributed by atoms with Gasteiger partial charge in [0, 0.05) is 19.6 Å². The zero-order chi connectivity index (χ0) is 13.2. The topological polar surface area (TPSA) is 40.5 Å². The molecule has 0 aromatic heterocycles. The third-order valence-electron chi connectivity index (χ3n) is 4.20. The molecule has 2 saturated heterocycles. The fraction of sp³-hybridized carbons (Fsp3) is 0.533. The molecule has 0 amide bonds. The van der Waals surface area contributed by atoms with E-state index >= 15 is 0 Å². The Kier molecular flexibility index (Phi) is 3.80. The van der Waals surface area contributed by atoms with Gasteiger partial charge in [-0.3, -0.25) is 9.69 Å². The van der Waals surface area contributed by atoms with Gasteiger partial charge in [-0.15, -0.1) is 0 Å². The van der Waals surface area contributed by atoms with E-state index in [2.05, 4.69) is 29.2 Å². The molecule has 3 nitrogen and oxygen atoms in total. The number of hydrogen-bond donors (Lipinski definition) is 1. The first-order chi connectivity index (χ1) is 9.24. The van der Waals surface area contributed by atoms with Crippen LogP contribution in [-0.4, -0.2) is 40.6 Å². The number of hydrogen-bond acceptors (Lipinski definition) is 3. The van der Waals surface area contributed by atoms with Crippen molar-refractivity contribution in [2.24, 2.45) is 17.8 Å². The lowest BCUT2D eigenvalue weighted by molar-refractivity contribution is -0.148. The van der Waals surface area contributed by atoms with Crippen molar-refractivity contribution in [2.75, 3.05) is 24.6 Å². The van der Waals surface area contributed by atoms with Crippen LogP contribution in [0.4, 0.5) is 0 Å². The Morgan fingerprint density at radius 1 is 1.21 bits per heavy atom. The zero-order valence-electron chi connectivity index (χ0n) is 10.9. The molecule has 2 aliphatic rings. The number of carboxylic acids is 1. The molecule has 2 fully saturated rings. The summed E-state index contributed by atoms with van der Waals surface area (Å²) in [6, 6.07) is 10.5. The molecular weight excluding hydrogens is 258 g/mol. The summed E-state index contributed by atoms with van der Waals surface area (Å²) in [7, 11) is 0. The van der Waals surface area contributed by atoms with Crippen molar-refractivity contribution in [3.63, 3.8) is 0 Å². The maximum Gasteiger partial charge on any atom is 0.307 e. The Balaban J connectivity index is 1.69. The molecule has 102 valence electrons. The molecule has 2 bridgehead atoms. The van der Waals surface area contributed by atoms with Crippen molar-refractivity contribution in [1.29, 1.82) is 0 Å². The van der Waals surface area contributed by atoms with Gasteiger partial charge >= 0.3 is 5.97 Å². The average Bonchev–Trinajstić information content (AvgIpc) is 2.38. The van der Waals surface area contributed by atoms with E-state index in [-0.39, 0.29) is 5.92 Å². The van der Waals surface area contributed by atoms with E-state index in [1.807, 2.05) is 17.8 Å². The van der Waals surface area contributed by atoms with Gasteiger partial charge in [0.1, 0.15) is 0 Å². The van der Waals surface area contributed by atoms with Crippen molar-refractivity contribution in [1.82, 2.24) is 4.90 Å². The predicted molar refractivity (Wildman–Crippen MR) is 77.1 cm³/mol. The van der Waals surface area contributed by atoms with Crippen LogP contribution in [0.3, 0.4) is 0 Å². The van der Waals surface area contributed by atoms with Crippen LogP contribution >= 0.6 is 11.8 Å². The van der Waals surface area contributed by atoms with Gasteiger partial charge in [0.2, 0.25) is 0 Å². The molecule has 0 aliphatic carbocycles. The minimum atomic E-state index is -0.588. The van der Waals surface area contributed by atoms with E-state index < -0.39 is 5.97 Å². The van der Waals surface area contributed by atoms with Crippen LogP contribution < -0.4 is 0 Å². The molecular formula is C15H19NO2S. The number of benzene rings is 1. The summed E-state index contributed by atoms with van der Waals surface area (Å²) in [6.07, 6.45) is 0. The molecule has 19 heavy (non-hydrogen) atoms. The summed E-state index contributed by atoms with van der Waals surface area (Å²) in [5.74, 6) is 1.93. The Labute approximate surface area is 118 Å². The SMILES string of the molecule is O=C(O)C1[C@@H]2CSC[C@H]1CN(Cc1ccccc1)C2. The maximum atomic E-state index is 11.4. The minimum Gasteiger partial charge on any atom is -0.481 e. The van der Waals surface area contributed by atoms with Crippen molar-refractivity contribution in [3.05, 3.63) is 35.9 Å². The number of fused-ring (bicyclic) bond motifs is 2. The number of nitrogens with zero attached hydrogens (tertiary/aromatic N) is 1. The second-order valence-electron chi connectivity index (χ2n) is 5.60. The fourth-order valence-corrected chi connectivity index (χ4v) is 4.77. The highest BCUT2D eigenvalue weighted by molar-refractivity contribution is 7.99. The number of carbonyl (C=O) groups is 1. The van der Waals surface area contributed by atoms with Gasteiger partial charge in [-0.05, 0) is 28.9 Å². The molecule has 3 atom stereocenters. The predicted octanol–water partition coefficient (Wildman–Crippen LogP) is 2.18. The standard InChI is InChI=1S/C15H19NO2S/c17-15(18)14-12-7-16(8-13(14)10-19-9-12)6-11-4-2-1-3-5-11/h1-5,12-14H,6-10H2,(H,17,18)/t12-,13+,14?. The lowest BCUT2D eigenvalue weighted by Gasteiger charge is -2.45. The number of piperidine rings is 1. The first-order valence-electron chi connectivity index (χ1n) is 6.81. The Hall–Kier alpha value is -1.00. The first-order valence-corrected chi connectivity index (χ1v) is 7.96. The summed E-state index contributed by atoms with van der Waals surface area (Å²) in [5, 5.41) is 9.39. The van der Waals surface area contributed by atoms with Crippen molar-refractivity contribution >= 4 is 17.7 Å². The molecule has 0 radical (unpaired) electrons. The van der Waals surface area contributed by atoms with Crippen LogP contribution in [0.25, 0.3) is 0 Å². The summed E-state index contributed by atoms with van der Waals surface area (Å²) in [5.41, 5.74) is 1.32. The molecule has 0 spiro atoms. The summed E-state index contributed by atoms with van der Waals surface area (Å²) >= 11 is 1.93. The van der Waals surface area contributed by atoms with E-state index in [4.69, 9.17) is 0 Å². The summed E-state index contributed by atoms with van der Waals surface area (Å²) in [6.45, 7) is 2.80. The van der Waals surface area contributed by atoms with Crippen LogP contribution in [0.1, 0.15) is 5.56 Å². The minimum absolute atomic E-state index is 0.117. The van der Waals surface area contributed by atoms with Gasteiger partial charge in [0.25, 0.3) is 0 Å². The van der Waals surface area contributed by atoms with Gasteiger partial charge in [0.15, 0.2) is 0 Å². The number of likely N-dealkylation sites (tertiary alicyclic amines) is 1. The second kappa shape index (κ2) is 5.55. The van der Waals surface area contributed by atoms with Gasteiger partial charge in [0.05, 0.1) is 5.92 Å². The number of thioether (sulfide) groups is 1. The maximum absolute atomic E-state index is 11.4. The lowest BCUT2D eigenvalue weighted by Crippen LogP contribution is -2.52. The Bertz CT molecular complexity index is 437. The van der Waals surface area contributed by atoms with Crippen molar-refractivity contribution in [3.8, 4) is 0 Å². The highest BCUT2D eigenvalue weighted by Crippen LogP contribution is 2.38.